The van der Waals surface area contributed by atoms with Crippen molar-refractivity contribution in [3.8, 4) is 17.2 Å². The van der Waals surface area contributed by atoms with Crippen molar-refractivity contribution in [2.75, 3.05) is 21.3 Å². The van der Waals surface area contributed by atoms with Gasteiger partial charge in [0.2, 0.25) is 0 Å². The second kappa shape index (κ2) is 9.66. The minimum absolute atomic E-state index is 0.0649. The lowest BCUT2D eigenvalue weighted by atomic mass is 9.94. The molecular formula is C26H24N2O6. The topological polar surface area (TPSA) is 98.2 Å². The van der Waals surface area contributed by atoms with Gasteiger partial charge in [-0.05, 0) is 35.9 Å². The third-order valence-corrected chi connectivity index (χ3v) is 5.71. The summed E-state index contributed by atoms with van der Waals surface area (Å²) in [6.45, 7) is 0.118. The summed E-state index contributed by atoms with van der Waals surface area (Å²) >= 11 is 0. The Kier molecular flexibility index (Phi) is 6.49. The molecule has 2 aromatic carbocycles. The van der Waals surface area contributed by atoms with Crippen LogP contribution in [0.1, 0.15) is 22.7 Å². The first-order valence-corrected chi connectivity index (χ1v) is 10.5. The first-order chi connectivity index (χ1) is 16.5. The van der Waals surface area contributed by atoms with E-state index in [1.54, 1.807) is 60.9 Å². The van der Waals surface area contributed by atoms with Crippen molar-refractivity contribution >= 4 is 17.4 Å². The number of aliphatic hydroxyl groups is 1. The molecule has 8 nitrogen and oxygen atoms in total. The van der Waals surface area contributed by atoms with Crippen LogP contribution >= 0.6 is 0 Å². The van der Waals surface area contributed by atoms with Gasteiger partial charge in [-0.2, -0.15) is 0 Å². The summed E-state index contributed by atoms with van der Waals surface area (Å²) in [6, 6.07) is 14.6. The van der Waals surface area contributed by atoms with Crippen LogP contribution < -0.4 is 14.2 Å². The summed E-state index contributed by atoms with van der Waals surface area (Å²) < 4.78 is 16.2. The van der Waals surface area contributed by atoms with Gasteiger partial charge >= 0.3 is 0 Å². The van der Waals surface area contributed by atoms with Crippen LogP contribution in [0, 0.1) is 0 Å². The highest BCUT2D eigenvalue weighted by Crippen LogP contribution is 2.44. The highest BCUT2D eigenvalue weighted by molar-refractivity contribution is 6.46. The largest absolute Gasteiger partial charge is 0.507 e. The maximum atomic E-state index is 13.3. The molecule has 1 aliphatic heterocycles. The molecule has 1 amide bonds. The van der Waals surface area contributed by atoms with E-state index in [4.69, 9.17) is 14.2 Å². The van der Waals surface area contributed by atoms with Gasteiger partial charge < -0.3 is 24.2 Å². The molecule has 0 bridgehead atoms. The lowest BCUT2D eigenvalue weighted by molar-refractivity contribution is -0.140. The highest BCUT2D eigenvalue weighted by atomic mass is 16.5. The average Bonchev–Trinajstić information content (AvgIpc) is 3.13. The molecule has 4 rings (SSSR count). The van der Waals surface area contributed by atoms with E-state index < -0.39 is 17.7 Å². The molecule has 2 heterocycles. The number of aromatic nitrogens is 1. The number of hydrogen-bond acceptors (Lipinski definition) is 7. The molecule has 1 aromatic heterocycles. The van der Waals surface area contributed by atoms with Crippen LogP contribution in [0.15, 0.2) is 72.6 Å². The minimum Gasteiger partial charge on any atom is -0.507 e. The summed E-state index contributed by atoms with van der Waals surface area (Å²) in [7, 11) is 4.46. The van der Waals surface area contributed by atoms with Gasteiger partial charge in [0.25, 0.3) is 11.7 Å². The zero-order chi connectivity index (χ0) is 24.2. The normalized spacial score (nSPS) is 17.0. The fourth-order valence-corrected chi connectivity index (χ4v) is 4.09. The summed E-state index contributed by atoms with van der Waals surface area (Å²) in [5.74, 6) is -0.630. The van der Waals surface area contributed by atoms with Crippen LogP contribution in [0.3, 0.4) is 0 Å². The van der Waals surface area contributed by atoms with Crippen molar-refractivity contribution in [1.82, 2.24) is 9.88 Å². The van der Waals surface area contributed by atoms with Crippen molar-refractivity contribution in [2.45, 2.75) is 12.6 Å². The summed E-state index contributed by atoms with van der Waals surface area (Å²) in [5, 5.41) is 11.4. The fraction of sp³-hybridized carbons (Fsp3) is 0.192. The van der Waals surface area contributed by atoms with Crippen molar-refractivity contribution in [2.24, 2.45) is 0 Å². The van der Waals surface area contributed by atoms with Gasteiger partial charge in [-0.25, -0.2) is 0 Å². The van der Waals surface area contributed by atoms with E-state index in [2.05, 4.69) is 4.98 Å². The maximum absolute atomic E-state index is 13.3. The number of Topliss-reactive ketones (excluding diaryl/α,β-unsaturated/α-hetero) is 1. The number of benzene rings is 2. The van der Waals surface area contributed by atoms with Gasteiger partial charge in [-0.1, -0.05) is 24.3 Å². The molecule has 1 N–H and O–H groups in total. The van der Waals surface area contributed by atoms with Crippen LogP contribution in [0.2, 0.25) is 0 Å². The SMILES string of the molecule is COc1ccc(OC)c(/C(O)=C2\C(=O)C(=O)N(Cc3cccnc3)C2c2ccccc2OC)c1. The number of rotatable bonds is 7. The molecule has 1 atom stereocenters. The van der Waals surface area contributed by atoms with Gasteiger partial charge in [0.05, 0.1) is 38.5 Å². The second-order valence-corrected chi connectivity index (χ2v) is 7.60. The van der Waals surface area contributed by atoms with Gasteiger partial charge in [0.1, 0.15) is 23.0 Å². The van der Waals surface area contributed by atoms with Crippen molar-refractivity contribution in [1.29, 1.82) is 0 Å². The predicted molar refractivity (Wildman–Crippen MR) is 125 cm³/mol. The van der Waals surface area contributed by atoms with Crippen molar-refractivity contribution in [3.63, 3.8) is 0 Å². The molecule has 3 aromatic rings. The highest BCUT2D eigenvalue weighted by Gasteiger charge is 2.47. The number of hydrogen-bond donors (Lipinski definition) is 1. The van der Waals surface area contributed by atoms with Gasteiger partial charge in [0.15, 0.2) is 0 Å². The maximum Gasteiger partial charge on any atom is 0.295 e. The Labute approximate surface area is 197 Å². The monoisotopic (exact) mass is 460 g/mol. The Bertz CT molecular complexity index is 1260. The van der Waals surface area contributed by atoms with Crippen LogP contribution in [-0.2, 0) is 16.1 Å². The number of ether oxygens (including phenoxy) is 3. The standard InChI is InChI=1S/C26H24N2O6/c1-32-17-10-11-21(34-3)19(13-17)24(29)22-23(18-8-4-5-9-20(18)33-2)28(26(31)25(22)30)15-16-7-6-12-27-14-16/h4-14,23,29H,15H2,1-3H3/b24-22+. The number of amides is 1. The molecule has 1 fully saturated rings. The van der Waals surface area contributed by atoms with Gasteiger partial charge in [0, 0.05) is 24.5 Å². The third-order valence-electron chi connectivity index (χ3n) is 5.71. The zero-order valence-electron chi connectivity index (χ0n) is 19.0. The lowest BCUT2D eigenvalue weighted by Crippen LogP contribution is -2.29. The van der Waals surface area contributed by atoms with Gasteiger partial charge in [-0.3, -0.25) is 14.6 Å². The number of carbonyl (C=O) groups excluding carboxylic acids is 2. The van der Waals surface area contributed by atoms with E-state index in [9.17, 15) is 14.7 Å². The number of aliphatic hydroxyl groups excluding tert-OH is 1. The molecule has 0 saturated carbocycles. The molecular weight excluding hydrogens is 436 g/mol. The first-order valence-electron chi connectivity index (χ1n) is 10.5. The number of ketones is 1. The molecule has 0 spiro atoms. The van der Waals surface area contributed by atoms with Crippen molar-refractivity contribution < 1.29 is 28.9 Å². The Balaban J connectivity index is 1.95. The quantitative estimate of drug-likeness (QED) is 0.326. The third kappa shape index (κ3) is 4.05. The van der Waals surface area contributed by atoms with E-state index >= 15 is 0 Å². The smallest absolute Gasteiger partial charge is 0.295 e. The predicted octanol–water partition coefficient (Wildman–Crippen LogP) is 3.73. The van der Waals surface area contributed by atoms with E-state index in [1.807, 2.05) is 6.07 Å². The average molecular weight is 460 g/mol. The van der Waals surface area contributed by atoms with Crippen LogP contribution in [-0.4, -0.2) is 48.0 Å². The fourth-order valence-electron chi connectivity index (χ4n) is 4.09. The second-order valence-electron chi connectivity index (χ2n) is 7.60. The van der Waals surface area contributed by atoms with E-state index in [-0.39, 0.29) is 23.4 Å². The summed E-state index contributed by atoms with van der Waals surface area (Å²) in [4.78, 5) is 32.1. The molecule has 1 saturated heterocycles. The Hall–Kier alpha value is -4.33. The van der Waals surface area contributed by atoms with Gasteiger partial charge in [-0.15, -0.1) is 0 Å². The van der Waals surface area contributed by atoms with Crippen LogP contribution in [0.25, 0.3) is 5.76 Å². The molecule has 1 aliphatic rings. The molecule has 1 unspecified atom stereocenters. The lowest BCUT2D eigenvalue weighted by Gasteiger charge is -2.26. The summed E-state index contributed by atoms with van der Waals surface area (Å²) in [5.41, 5.74) is 1.48. The number of para-hydroxylation sites is 1. The Morgan fingerprint density at radius 1 is 0.971 bits per heavy atom. The first kappa shape index (κ1) is 22.8. The Morgan fingerprint density at radius 2 is 1.74 bits per heavy atom. The number of likely N-dealkylation sites (tertiary alicyclic amines) is 1. The zero-order valence-corrected chi connectivity index (χ0v) is 19.0. The van der Waals surface area contributed by atoms with E-state index in [0.717, 1.165) is 5.56 Å². The molecule has 0 aliphatic carbocycles. The molecule has 34 heavy (non-hydrogen) atoms. The van der Waals surface area contributed by atoms with Crippen molar-refractivity contribution in [3.05, 3.63) is 89.3 Å². The number of methoxy groups -OCH3 is 3. The minimum atomic E-state index is -0.896. The van der Waals surface area contributed by atoms with Crippen LogP contribution in [0.5, 0.6) is 17.2 Å². The Morgan fingerprint density at radius 3 is 2.41 bits per heavy atom. The number of pyridine rings is 1. The van der Waals surface area contributed by atoms with Crippen LogP contribution in [0.4, 0.5) is 0 Å². The van der Waals surface area contributed by atoms with E-state index in [1.165, 1.54) is 26.2 Å². The van der Waals surface area contributed by atoms with E-state index in [0.29, 0.717) is 22.8 Å². The summed E-state index contributed by atoms with van der Waals surface area (Å²) in [6.07, 6.45) is 3.26. The number of carbonyl (C=O) groups is 2. The molecule has 174 valence electrons. The number of nitrogens with zero attached hydrogens (tertiary/aromatic N) is 2. The molecule has 8 heteroatoms. The molecule has 0 radical (unpaired) electrons.